The molecule has 0 amide bonds. The Bertz CT molecular complexity index is 2830. The molecule has 0 saturated heterocycles. The highest BCUT2D eigenvalue weighted by Gasteiger charge is 2.20. The van der Waals surface area contributed by atoms with Gasteiger partial charge in [-0.15, -0.1) is 0 Å². The molecule has 0 radical (unpaired) electrons. The molecule has 230 valence electrons. The van der Waals surface area contributed by atoms with Gasteiger partial charge >= 0.3 is 0 Å². The standard InChI is InChI=1S/C45H25N5/c46-26-29-17-19-43-39(21-29)40-22-30(27-47)18-20-44(40)49(43)34-12-8-11-32(23-34)37-25-45(38(24-33(37)28-48)31-9-2-1-3-10-31)50-41-15-6-4-13-35(41)36-14-5-7-16-42(36)50/h1-25H. The van der Waals surface area contributed by atoms with Crippen LogP contribution in [0.25, 0.3) is 77.2 Å². The van der Waals surface area contributed by atoms with Crippen molar-refractivity contribution in [3.63, 3.8) is 0 Å². The van der Waals surface area contributed by atoms with Crippen LogP contribution in [0.5, 0.6) is 0 Å². The minimum atomic E-state index is 0.558. The predicted molar refractivity (Wildman–Crippen MR) is 200 cm³/mol. The Hall–Kier alpha value is -7.39. The number of aromatic nitrogens is 2. The molecule has 9 rings (SSSR count). The number of para-hydroxylation sites is 2. The van der Waals surface area contributed by atoms with Crippen molar-refractivity contribution in [3.05, 3.63) is 168 Å². The van der Waals surface area contributed by atoms with Crippen LogP contribution in [0.2, 0.25) is 0 Å². The smallest absolute Gasteiger partial charge is 0.0998 e. The first kappa shape index (κ1) is 28.8. The average molecular weight is 636 g/mol. The summed E-state index contributed by atoms with van der Waals surface area (Å²) >= 11 is 0. The van der Waals surface area contributed by atoms with E-state index in [1.165, 1.54) is 10.8 Å². The van der Waals surface area contributed by atoms with Gasteiger partial charge in [-0.25, -0.2) is 0 Å². The molecule has 2 aromatic heterocycles. The molecule has 2 heterocycles. The molecule has 0 fully saturated rings. The normalized spacial score (nSPS) is 11.1. The fourth-order valence-corrected chi connectivity index (χ4v) is 7.39. The van der Waals surface area contributed by atoms with Crippen LogP contribution in [0, 0.1) is 34.0 Å². The summed E-state index contributed by atoms with van der Waals surface area (Å²) in [7, 11) is 0. The number of hydrogen-bond donors (Lipinski definition) is 0. The first-order chi connectivity index (χ1) is 24.7. The van der Waals surface area contributed by atoms with Crippen LogP contribution in [0.3, 0.4) is 0 Å². The minimum absolute atomic E-state index is 0.558. The topological polar surface area (TPSA) is 81.2 Å². The molecule has 0 aliphatic rings. The maximum atomic E-state index is 10.6. The Labute approximate surface area is 287 Å². The van der Waals surface area contributed by atoms with Crippen molar-refractivity contribution >= 4 is 43.6 Å². The van der Waals surface area contributed by atoms with E-state index in [0.717, 1.165) is 66.5 Å². The molecule has 0 spiro atoms. The molecule has 5 nitrogen and oxygen atoms in total. The highest BCUT2D eigenvalue weighted by Crippen LogP contribution is 2.41. The van der Waals surface area contributed by atoms with Crippen molar-refractivity contribution in [1.82, 2.24) is 9.13 Å². The summed E-state index contributed by atoms with van der Waals surface area (Å²) in [6, 6.07) is 57.9. The van der Waals surface area contributed by atoms with E-state index in [4.69, 9.17) is 0 Å². The number of benzene rings is 7. The van der Waals surface area contributed by atoms with Gasteiger partial charge in [0.05, 0.1) is 62.7 Å². The first-order valence-corrected chi connectivity index (χ1v) is 16.3. The van der Waals surface area contributed by atoms with E-state index >= 15 is 0 Å². The van der Waals surface area contributed by atoms with Crippen molar-refractivity contribution in [2.24, 2.45) is 0 Å². The SMILES string of the molecule is N#Cc1ccc2c(c1)c1cc(C#N)ccc1n2-c1cccc(-c2cc(-n3c4ccccc4c4ccccc43)c(-c3ccccc3)cc2C#N)c1. The summed E-state index contributed by atoms with van der Waals surface area (Å²) in [5.41, 5.74) is 11.3. The van der Waals surface area contributed by atoms with Gasteiger partial charge in [-0.05, 0) is 83.9 Å². The zero-order chi connectivity index (χ0) is 33.8. The van der Waals surface area contributed by atoms with Crippen LogP contribution in [0.4, 0.5) is 0 Å². The second kappa shape index (κ2) is 11.4. The lowest BCUT2D eigenvalue weighted by atomic mass is 9.93. The number of hydrogen-bond acceptors (Lipinski definition) is 3. The van der Waals surface area contributed by atoms with Gasteiger partial charge in [0.2, 0.25) is 0 Å². The highest BCUT2D eigenvalue weighted by atomic mass is 15.0. The van der Waals surface area contributed by atoms with Crippen LogP contribution < -0.4 is 0 Å². The molecule has 0 aliphatic heterocycles. The van der Waals surface area contributed by atoms with Crippen molar-refractivity contribution in [2.45, 2.75) is 0 Å². The van der Waals surface area contributed by atoms with Gasteiger partial charge in [0.1, 0.15) is 0 Å². The number of nitrogens with zero attached hydrogens (tertiary/aromatic N) is 5. The van der Waals surface area contributed by atoms with E-state index in [9.17, 15) is 15.8 Å². The van der Waals surface area contributed by atoms with E-state index < -0.39 is 0 Å². The quantitative estimate of drug-likeness (QED) is 0.193. The lowest BCUT2D eigenvalue weighted by molar-refractivity contribution is 1.17. The van der Waals surface area contributed by atoms with E-state index in [0.29, 0.717) is 16.7 Å². The van der Waals surface area contributed by atoms with Gasteiger partial charge in [0.15, 0.2) is 0 Å². The molecular formula is C45H25N5. The monoisotopic (exact) mass is 635 g/mol. The summed E-state index contributed by atoms with van der Waals surface area (Å²) in [6.45, 7) is 0. The summed E-state index contributed by atoms with van der Waals surface area (Å²) in [5, 5.41) is 34.1. The van der Waals surface area contributed by atoms with Crippen LogP contribution in [-0.4, -0.2) is 9.13 Å². The zero-order valence-electron chi connectivity index (χ0n) is 26.7. The fraction of sp³-hybridized carbons (Fsp3) is 0. The van der Waals surface area contributed by atoms with E-state index in [1.807, 2.05) is 72.8 Å². The van der Waals surface area contributed by atoms with Crippen molar-refractivity contribution in [3.8, 4) is 51.8 Å². The molecule has 5 heteroatoms. The molecule has 0 saturated carbocycles. The van der Waals surface area contributed by atoms with Crippen molar-refractivity contribution in [1.29, 1.82) is 15.8 Å². The Balaban J connectivity index is 1.32. The number of fused-ring (bicyclic) bond motifs is 6. The third-order valence-corrected chi connectivity index (χ3v) is 9.60. The Kier molecular flexibility index (Phi) is 6.56. The number of rotatable bonds is 4. The molecule has 0 N–H and O–H groups in total. The first-order valence-electron chi connectivity index (χ1n) is 16.3. The van der Waals surface area contributed by atoms with Gasteiger partial charge < -0.3 is 9.13 Å². The molecule has 0 aliphatic carbocycles. The maximum Gasteiger partial charge on any atom is 0.0998 e. The van der Waals surface area contributed by atoms with Crippen LogP contribution in [0.1, 0.15) is 16.7 Å². The van der Waals surface area contributed by atoms with Crippen molar-refractivity contribution < 1.29 is 0 Å². The van der Waals surface area contributed by atoms with Crippen LogP contribution in [0.15, 0.2) is 152 Å². The summed E-state index contributed by atoms with van der Waals surface area (Å²) < 4.78 is 4.47. The van der Waals surface area contributed by atoms with E-state index in [2.05, 4.69) is 106 Å². The van der Waals surface area contributed by atoms with Gasteiger partial charge in [-0.2, -0.15) is 15.8 Å². The summed E-state index contributed by atoms with van der Waals surface area (Å²) in [6.07, 6.45) is 0. The van der Waals surface area contributed by atoms with E-state index in [-0.39, 0.29) is 0 Å². The van der Waals surface area contributed by atoms with Gasteiger partial charge in [-0.1, -0.05) is 78.9 Å². The third-order valence-electron chi connectivity index (χ3n) is 9.60. The summed E-state index contributed by atoms with van der Waals surface area (Å²) in [5.74, 6) is 0. The second-order valence-corrected chi connectivity index (χ2v) is 12.3. The summed E-state index contributed by atoms with van der Waals surface area (Å²) in [4.78, 5) is 0. The Morgan fingerprint density at radius 3 is 1.54 bits per heavy atom. The molecule has 0 atom stereocenters. The maximum absolute atomic E-state index is 10.6. The lowest BCUT2D eigenvalue weighted by Crippen LogP contribution is -2.00. The molecular weight excluding hydrogens is 611 g/mol. The Morgan fingerprint density at radius 1 is 0.380 bits per heavy atom. The van der Waals surface area contributed by atoms with Crippen molar-refractivity contribution in [2.75, 3.05) is 0 Å². The lowest BCUT2D eigenvalue weighted by Gasteiger charge is -2.18. The van der Waals surface area contributed by atoms with Crippen LogP contribution >= 0.6 is 0 Å². The molecule has 9 aromatic rings. The number of nitriles is 3. The predicted octanol–water partition coefficient (Wildman–Crippen LogP) is 10.8. The van der Waals surface area contributed by atoms with Crippen LogP contribution in [-0.2, 0) is 0 Å². The highest BCUT2D eigenvalue weighted by molar-refractivity contribution is 6.11. The van der Waals surface area contributed by atoms with Gasteiger partial charge in [0, 0.05) is 38.4 Å². The largest absolute Gasteiger partial charge is 0.309 e. The molecule has 0 unspecified atom stereocenters. The van der Waals surface area contributed by atoms with E-state index in [1.54, 1.807) is 0 Å². The molecule has 7 aromatic carbocycles. The fourth-order valence-electron chi connectivity index (χ4n) is 7.39. The molecule has 0 bridgehead atoms. The average Bonchev–Trinajstić information content (AvgIpc) is 3.69. The molecule has 50 heavy (non-hydrogen) atoms. The van der Waals surface area contributed by atoms with Gasteiger partial charge in [-0.3, -0.25) is 0 Å². The minimum Gasteiger partial charge on any atom is -0.309 e. The van der Waals surface area contributed by atoms with Gasteiger partial charge in [0.25, 0.3) is 0 Å². The zero-order valence-corrected chi connectivity index (χ0v) is 26.7. The third kappa shape index (κ3) is 4.38. The second-order valence-electron chi connectivity index (χ2n) is 12.3. The Morgan fingerprint density at radius 2 is 0.940 bits per heavy atom.